The highest BCUT2D eigenvalue weighted by Crippen LogP contribution is 2.25. The highest BCUT2D eigenvalue weighted by atomic mass is 35.5. The molecular weight excluding hydrogens is 557 g/mol. The molecule has 0 aliphatic rings. The first-order valence-corrected chi connectivity index (χ1v) is 15.1. The second-order valence-electron chi connectivity index (χ2n) is 9.73. The molecule has 3 aromatic carbocycles. The van der Waals surface area contributed by atoms with Gasteiger partial charge in [0.1, 0.15) is 12.6 Å². The van der Waals surface area contributed by atoms with Crippen LogP contribution in [0.5, 0.6) is 0 Å². The third-order valence-electron chi connectivity index (χ3n) is 6.03. The van der Waals surface area contributed by atoms with E-state index >= 15 is 0 Å². The molecule has 0 spiro atoms. The molecule has 0 saturated heterocycles. The normalized spacial score (nSPS) is 12.2. The zero-order chi connectivity index (χ0) is 28.7. The molecule has 0 bridgehead atoms. The van der Waals surface area contributed by atoms with Crippen LogP contribution in [-0.4, -0.2) is 50.0 Å². The van der Waals surface area contributed by atoms with Gasteiger partial charge in [-0.2, -0.15) is 0 Å². The Morgan fingerprint density at radius 1 is 0.949 bits per heavy atom. The van der Waals surface area contributed by atoms with Gasteiger partial charge in [-0.1, -0.05) is 71.7 Å². The van der Waals surface area contributed by atoms with Gasteiger partial charge in [0.15, 0.2) is 0 Å². The van der Waals surface area contributed by atoms with E-state index in [-0.39, 0.29) is 24.9 Å². The van der Waals surface area contributed by atoms with E-state index in [0.717, 1.165) is 21.7 Å². The Hall–Kier alpha value is -3.07. The lowest BCUT2D eigenvalue weighted by Gasteiger charge is -2.34. The van der Waals surface area contributed by atoms with Crippen molar-refractivity contribution in [3.8, 4) is 0 Å². The van der Waals surface area contributed by atoms with Gasteiger partial charge in [0, 0.05) is 29.1 Å². The molecule has 3 aromatic rings. The van der Waals surface area contributed by atoms with E-state index < -0.39 is 28.5 Å². The number of nitrogens with one attached hydrogen (secondary N) is 1. The molecule has 7 nitrogen and oxygen atoms in total. The van der Waals surface area contributed by atoms with Crippen molar-refractivity contribution in [1.82, 2.24) is 10.2 Å². The molecule has 0 unspecified atom stereocenters. The average Bonchev–Trinajstić information content (AvgIpc) is 2.85. The first kappa shape index (κ1) is 30.5. The minimum Gasteiger partial charge on any atom is -0.352 e. The number of carbonyl (C=O) groups is 2. The number of benzene rings is 3. The van der Waals surface area contributed by atoms with Crippen LogP contribution in [0.1, 0.15) is 30.5 Å². The van der Waals surface area contributed by atoms with E-state index in [1.54, 1.807) is 36.4 Å². The van der Waals surface area contributed by atoms with Crippen molar-refractivity contribution in [3.05, 3.63) is 99.5 Å². The second kappa shape index (κ2) is 13.3. The summed E-state index contributed by atoms with van der Waals surface area (Å²) in [6.45, 7) is 5.00. The summed E-state index contributed by atoms with van der Waals surface area (Å²) in [4.78, 5) is 29.0. The minimum absolute atomic E-state index is 0.0245. The zero-order valence-corrected chi connectivity index (χ0v) is 24.7. The van der Waals surface area contributed by atoms with Crippen molar-refractivity contribution in [2.75, 3.05) is 17.1 Å². The Morgan fingerprint density at radius 3 is 2.23 bits per heavy atom. The van der Waals surface area contributed by atoms with Crippen molar-refractivity contribution in [2.24, 2.45) is 0 Å². The van der Waals surface area contributed by atoms with Gasteiger partial charge in [0.2, 0.25) is 21.8 Å². The number of hydrogen-bond donors (Lipinski definition) is 1. The standard InChI is InChI=1S/C29H33Cl2N3O4S/c1-20(2)32-29(36)27(16-22-10-6-5-7-11-22)33(18-23-13-14-24(30)17-26(23)31)28(35)19-34(39(4,37)38)25-12-8-9-21(3)15-25/h5-15,17,20,27H,16,18-19H2,1-4H3,(H,32,36)/t27-/m1/s1. The molecule has 2 amide bonds. The van der Waals surface area contributed by atoms with Gasteiger partial charge < -0.3 is 10.2 Å². The van der Waals surface area contributed by atoms with E-state index in [0.29, 0.717) is 21.3 Å². The number of hydrogen-bond acceptors (Lipinski definition) is 4. The monoisotopic (exact) mass is 589 g/mol. The fourth-order valence-corrected chi connectivity index (χ4v) is 5.47. The van der Waals surface area contributed by atoms with Crippen LogP contribution in [-0.2, 0) is 32.6 Å². The molecule has 0 aromatic heterocycles. The lowest BCUT2D eigenvalue weighted by Crippen LogP contribution is -2.54. The third kappa shape index (κ3) is 8.71. The molecular formula is C29H33Cl2N3O4S. The van der Waals surface area contributed by atoms with Gasteiger partial charge in [0.05, 0.1) is 11.9 Å². The van der Waals surface area contributed by atoms with Crippen molar-refractivity contribution >= 4 is 50.7 Å². The molecule has 0 aliphatic carbocycles. The fourth-order valence-electron chi connectivity index (χ4n) is 4.16. The number of carbonyl (C=O) groups excluding carboxylic acids is 2. The molecule has 0 aliphatic heterocycles. The maximum atomic E-state index is 14.0. The summed E-state index contributed by atoms with van der Waals surface area (Å²) >= 11 is 12.6. The summed E-state index contributed by atoms with van der Waals surface area (Å²) in [6.07, 6.45) is 1.27. The van der Waals surface area contributed by atoms with Crippen LogP contribution in [0.2, 0.25) is 10.0 Å². The van der Waals surface area contributed by atoms with Crippen LogP contribution in [0.3, 0.4) is 0 Å². The van der Waals surface area contributed by atoms with Crippen molar-refractivity contribution < 1.29 is 18.0 Å². The Bertz CT molecular complexity index is 1420. The number of anilines is 1. The zero-order valence-electron chi connectivity index (χ0n) is 22.4. The topological polar surface area (TPSA) is 86.8 Å². The summed E-state index contributed by atoms with van der Waals surface area (Å²) in [6, 6.07) is 20.0. The van der Waals surface area contributed by atoms with Crippen LogP contribution < -0.4 is 9.62 Å². The lowest BCUT2D eigenvalue weighted by atomic mass is 10.0. The first-order chi connectivity index (χ1) is 18.3. The Morgan fingerprint density at radius 2 is 1.64 bits per heavy atom. The number of nitrogens with zero attached hydrogens (tertiary/aromatic N) is 2. The SMILES string of the molecule is Cc1cccc(N(CC(=O)N(Cc2ccc(Cl)cc2Cl)[C@H](Cc2ccccc2)C(=O)NC(C)C)S(C)(=O)=O)c1. The van der Waals surface area contributed by atoms with Gasteiger partial charge in [-0.15, -0.1) is 0 Å². The molecule has 1 N–H and O–H groups in total. The van der Waals surface area contributed by atoms with Crippen LogP contribution in [0.25, 0.3) is 0 Å². The van der Waals surface area contributed by atoms with E-state index in [9.17, 15) is 18.0 Å². The summed E-state index contributed by atoms with van der Waals surface area (Å²) in [5.74, 6) is -0.901. The number of sulfonamides is 1. The largest absolute Gasteiger partial charge is 0.352 e. The number of aryl methyl sites for hydroxylation is 1. The summed E-state index contributed by atoms with van der Waals surface area (Å²) in [5, 5.41) is 3.68. The van der Waals surface area contributed by atoms with Crippen LogP contribution in [0.15, 0.2) is 72.8 Å². The van der Waals surface area contributed by atoms with E-state index in [1.807, 2.05) is 57.2 Å². The van der Waals surface area contributed by atoms with Crippen molar-refractivity contribution in [1.29, 1.82) is 0 Å². The van der Waals surface area contributed by atoms with Crippen LogP contribution >= 0.6 is 23.2 Å². The minimum atomic E-state index is -3.83. The molecule has 10 heteroatoms. The smallest absolute Gasteiger partial charge is 0.244 e. The number of halogens is 2. The average molecular weight is 591 g/mol. The van der Waals surface area contributed by atoms with E-state index in [4.69, 9.17) is 23.2 Å². The molecule has 0 heterocycles. The summed E-state index contributed by atoms with van der Waals surface area (Å²) < 4.78 is 26.7. The Labute approximate surface area is 240 Å². The lowest BCUT2D eigenvalue weighted by molar-refractivity contribution is -0.140. The first-order valence-electron chi connectivity index (χ1n) is 12.5. The van der Waals surface area contributed by atoms with Gasteiger partial charge in [-0.3, -0.25) is 13.9 Å². The predicted octanol–water partition coefficient (Wildman–Crippen LogP) is 5.23. The van der Waals surface area contributed by atoms with E-state index in [1.165, 1.54) is 4.90 Å². The third-order valence-corrected chi connectivity index (χ3v) is 7.75. The van der Waals surface area contributed by atoms with Crippen molar-refractivity contribution in [2.45, 2.75) is 45.8 Å². The summed E-state index contributed by atoms with van der Waals surface area (Å²) in [5.41, 5.74) is 2.63. The van der Waals surface area contributed by atoms with Gasteiger partial charge in [-0.25, -0.2) is 8.42 Å². The van der Waals surface area contributed by atoms with E-state index in [2.05, 4.69) is 5.32 Å². The Balaban J connectivity index is 2.08. The predicted molar refractivity (Wildman–Crippen MR) is 158 cm³/mol. The number of amides is 2. The molecule has 39 heavy (non-hydrogen) atoms. The quantitative estimate of drug-likeness (QED) is 0.331. The number of rotatable bonds is 11. The highest BCUT2D eigenvalue weighted by Gasteiger charge is 2.33. The molecule has 1 atom stereocenters. The van der Waals surface area contributed by atoms with Crippen LogP contribution in [0.4, 0.5) is 5.69 Å². The summed E-state index contributed by atoms with van der Waals surface area (Å²) in [7, 11) is -3.83. The van der Waals surface area contributed by atoms with Crippen molar-refractivity contribution in [3.63, 3.8) is 0 Å². The maximum Gasteiger partial charge on any atom is 0.244 e. The molecule has 0 fully saturated rings. The molecule has 0 radical (unpaired) electrons. The highest BCUT2D eigenvalue weighted by molar-refractivity contribution is 7.92. The molecule has 208 valence electrons. The van der Waals surface area contributed by atoms with Gasteiger partial charge in [0.25, 0.3) is 0 Å². The molecule has 0 saturated carbocycles. The second-order valence-corrected chi connectivity index (χ2v) is 12.5. The fraction of sp³-hybridized carbons (Fsp3) is 0.310. The van der Waals surface area contributed by atoms with Gasteiger partial charge >= 0.3 is 0 Å². The Kier molecular flexibility index (Phi) is 10.4. The molecule has 3 rings (SSSR count). The van der Waals surface area contributed by atoms with Gasteiger partial charge in [-0.05, 0) is 61.7 Å². The van der Waals surface area contributed by atoms with Crippen LogP contribution in [0, 0.1) is 6.92 Å². The maximum absolute atomic E-state index is 14.0.